The summed E-state index contributed by atoms with van der Waals surface area (Å²) in [6.07, 6.45) is 3.43. The number of hydrogen-bond donors (Lipinski definition) is 1. The average Bonchev–Trinajstić information content (AvgIpc) is 3.56. The molecule has 0 spiro atoms. The van der Waals surface area contributed by atoms with Crippen LogP contribution in [0.15, 0.2) is 70.2 Å². The summed E-state index contributed by atoms with van der Waals surface area (Å²) < 4.78 is 5.16. The number of carbonyl (C=O) groups is 1. The van der Waals surface area contributed by atoms with Crippen LogP contribution in [0.5, 0.6) is 0 Å². The van der Waals surface area contributed by atoms with Crippen molar-refractivity contribution in [1.82, 2.24) is 25.3 Å². The Kier molecular flexibility index (Phi) is 6.99. The van der Waals surface area contributed by atoms with E-state index in [0.29, 0.717) is 11.4 Å². The number of rotatable bonds is 8. The van der Waals surface area contributed by atoms with Crippen molar-refractivity contribution in [3.05, 3.63) is 82.8 Å². The number of hydrogen-bond acceptors (Lipinski definition) is 8. The second kappa shape index (κ2) is 10.1. The Morgan fingerprint density at radius 1 is 1.25 bits per heavy atom. The predicted octanol–water partition coefficient (Wildman–Crippen LogP) is 4.30. The number of nitrogens with zero attached hydrogens (tertiary/aromatic N) is 4. The van der Waals surface area contributed by atoms with Gasteiger partial charge >= 0.3 is 0 Å². The first-order chi connectivity index (χ1) is 15.6. The number of piperazine rings is 1. The second-order valence-electron chi connectivity index (χ2n) is 7.37. The Morgan fingerprint density at radius 3 is 2.69 bits per heavy atom. The van der Waals surface area contributed by atoms with Gasteiger partial charge in [-0.25, -0.2) is 4.98 Å². The van der Waals surface area contributed by atoms with Gasteiger partial charge in [-0.2, -0.15) is 0 Å². The van der Waals surface area contributed by atoms with E-state index >= 15 is 0 Å². The molecule has 1 amide bonds. The maximum Gasteiger partial charge on any atom is 0.275 e. The van der Waals surface area contributed by atoms with Crippen LogP contribution in [0.25, 0.3) is 9.88 Å². The summed E-state index contributed by atoms with van der Waals surface area (Å²) in [6.45, 7) is 13.9. The Balaban J connectivity index is 1.41. The third-order valence-corrected chi connectivity index (χ3v) is 7.05. The van der Waals surface area contributed by atoms with E-state index in [1.54, 1.807) is 28.9 Å². The van der Waals surface area contributed by atoms with Crippen molar-refractivity contribution in [2.45, 2.75) is 13.5 Å². The Labute approximate surface area is 195 Å². The van der Waals surface area contributed by atoms with E-state index in [1.807, 2.05) is 30.5 Å². The van der Waals surface area contributed by atoms with Gasteiger partial charge in [0, 0.05) is 44.2 Å². The number of nitrogens with one attached hydrogen (secondary N) is 1. The lowest BCUT2D eigenvalue weighted by atomic mass is 10.2. The first kappa shape index (κ1) is 22.2. The van der Waals surface area contributed by atoms with Gasteiger partial charge in [0.05, 0.1) is 22.0 Å². The third kappa shape index (κ3) is 5.07. The Hall–Kier alpha value is -3.01. The fourth-order valence-corrected chi connectivity index (χ4v) is 5.19. The van der Waals surface area contributed by atoms with E-state index < -0.39 is 0 Å². The molecule has 1 saturated heterocycles. The van der Waals surface area contributed by atoms with E-state index in [-0.39, 0.29) is 5.91 Å². The zero-order valence-corrected chi connectivity index (χ0v) is 19.5. The molecule has 1 aliphatic rings. The summed E-state index contributed by atoms with van der Waals surface area (Å²) in [6, 6.07) is 5.94. The highest BCUT2D eigenvalue weighted by Crippen LogP contribution is 2.28. The van der Waals surface area contributed by atoms with Crippen LogP contribution in [0.1, 0.15) is 21.9 Å². The monoisotopic (exact) mass is 467 g/mol. The Bertz CT molecular complexity index is 1120. The van der Waals surface area contributed by atoms with E-state index in [1.165, 1.54) is 11.3 Å². The lowest BCUT2D eigenvalue weighted by molar-refractivity contribution is 0.0960. The van der Waals surface area contributed by atoms with Crippen LogP contribution in [0, 0.1) is 6.92 Å². The van der Waals surface area contributed by atoms with Crippen molar-refractivity contribution in [1.29, 1.82) is 0 Å². The molecule has 0 unspecified atom stereocenters. The number of allylic oxidation sites excluding steroid dienone is 2. The smallest absolute Gasteiger partial charge is 0.275 e. The zero-order chi connectivity index (χ0) is 22.5. The van der Waals surface area contributed by atoms with Crippen LogP contribution in [0.3, 0.4) is 0 Å². The van der Waals surface area contributed by atoms with E-state index in [0.717, 1.165) is 59.8 Å². The van der Waals surface area contributed by atoms with Gasteiger partial charge in [0.25, 0.3) is 5.91 Å². The molecule has 4 rings (SSSR count). The standard InChI is InChI=1S/C23H25N5O2S2/c1-4-18(24-22(29)19-15-32-23(25-19)21-7-6-12-31-21)20(5-2)28-10-8-27(9-11-28)14-17-13-16(3)30-26-17/h4-7,12-13,15H,1-2,8-11,14H2,3H3,(H,24,29)/b20-18-. The molecule has 3 aromatic rings. The largest absolute Gasteiger partial charge is 0.367 e. The van der Waals surface area contributed by atoms with Crippen molar-refractivity contribution >= 4 is 28.6 Å². The summed E-state index contributed by atoms with van der Waals surface area (Å²) in [7, 11) is 0. The maximum atomic E-state index is 12.8. The van der Waals surface area contributed by atoms with Crippen molar-refractivity contribution < 1.29 is 9.32 Å². The van der Waals surface area contributed by atoms with Crippen LogP contribution in [-0.4, -0.2) is 52.0 Å². The number of thiazole rings is 1. The van der Waals surface area contributed by atoms with Gasteiger partial charge in [0.15, 0.2) is 0 Å². The van der Waals surface area contributed by atoms with Crippen LogP contribution < -0.4 is 5.32 Å². The minimum absolute atomic E-state index is 0.252. The highest BCUT2D eigenvalue weighted by atomic mass is 32.1. The number of carbonyl (C=O) groups excluding carboxylic acids is 1. The van der Waals surface area contributed by atoms with Crippen molar-refractivity contribution in [2.75, 3.05) is 26.2 Å². The molecule has 0 atom stereocenters. The SMILES string of the molecule is C=C/C(NC(=O)c1csc(-c2cccs2)n1)=C(\C=C)N1CCN(Cc2cc(C)on2)CC1. The molecule has 1 fully saturated rings. The molecule has 1 N–H and O–H groups in total. The van der Waals surface area contributed by atoms with Gasteiger partial charge in [0.1, 0.15) is 16.5 Å². The normalized spacial score (nSPS) is 15.3. The van der Waals surface area contributed by atoms with Crippen LogP contribution in [-0.2, 0) is 6.54 Å². The molecular weight excluding hydrogens is 442 g/mol. The molecule has 0 aliphatic carbocycles. The molecule has 0 bridgehead atoms. The molecule has 0 radical (unpaired) electrons. The molecule has 166 valence electrons. The number of aromatic nitrogens is 2. The summed E-state index contributed by atoms with van der Waals surface area (Å²) >= 11 is 3.07. The summed E-state index contributed by atoms with van der Waals surface area (Å²) in [5.74, 6) is 0.572. The highest BCUT2D eigenvalue weighted by Gasteiger charge is 2.21. The molecule has 4 heterocycles. The van der Waals surface area contributed by atoms with Gasteiger partial charge in [0.2, 0.25) is 0 Å². The lowest BCUT2D eigenvalue weighted by Crippen LogP contribution is -2.46. The van der Waals surface area contributed by atoms with Crippen LogP contribution in [0.2, 0.25) is 0 Å². The van der Waals surface area contributed by atoms with Crippen molar-refractivity contribution in [3.63, 3.8) is 0 Å². The first-order valence-corrected chi connectivity index (χ1v) is 12.0. The molecule has 0 aromatic carbocycles. The molecule has 7 nitrogen and oxygen atoms in total. The van der Waals surface area contributed by atoms with Gasteiger partial charge < -0.3 is 14.7 Å². The number of amides is 1. The van der Waals surface area contributed by atoms with Gasteiger partial charge in [-0.05, 0) is 30.5 Å². The second-order valence-corrected chi connectivity index (χ2v) is 9.17. The van der Waals surface area contributed by atoms with Crippen LogP contribution >= 0.6 is 22.7 Å². The fraction of sp³-hybridized carbons (Fsp3) is 0.261. The fourth-order valence-electron chi connectivity index (χ4n) is 3.58. The van der Waals surface area contributed by atoms with Crippen molar-refractivity contribution in [3.8, 4) is 9.88 Å². The number of aryl methyl sites for hydroxylation is 1. The minimum atomic E-state index is -0.252. The zero-order valence-electron chi connectivity index (χ0n) is 17.9. The van der Waals surface area contributed by atoms with E-state index in [9.17, 15) is 4.79 Å². The highest BCUT2D eigenvalue weighted by molar-refractivity contribution is 7.20. The van der Waals surface area contributed by atoms with Crippen molar-refractivity contribution in [2.24, 2.45) is 0 Å². The molecular formula is C23H25N5O2S2. The number of thiophene rings is 1. The average molecular weight is 468 g/mol. The minimum Gasteiger partial charge on any atom is -0.367 e. The van der Waals surface area contributed by atoms with Gasteiger partial charge in [-0.15, -0.1) is 22.7 Å². The van der Waals surface area contributed by atoms with Crippen LogP contribution in [0.4, 0.5) is 0 Å². The summed E-state index contributed by atoms with van der Waals surface area (Å²) in [5, 5.41) is 11.7. The Morgan fingerprint density at radius 2 is 2.06 bits per heavy atom. The van der Waals surface area contributed by atoms with E-state index in [4.69, 9.17) is 4.52 Å². The third-order valence-electron chi connectivity index (χ3n) is 5.17. The molecule has 1 aliphatic heterocycles. The molecule has 0 saturated carbocycles. The van der Waals surface area contributed by atoms with Gasteiger partial charge in [-0.3, -0.25) is 9.69 Å². The topological polar surface area (TPSA) is 74.5 Å². The summed E-state index contributed by atoms with van der Waals surface area (Å²) in [5.41, 5.74) is 2.84. The summed E-state index contributed by atoms with van der Waals surface area (Å²) in [4.78, 5) is 22.9. The van der Waals surface area contributed by atoms with E-state index in [2.05, 4.69) is 38.4 Å². The maximum absolute atomic E-state index is 12.8. The lowest BCUT2D eigenvalue weighted by Gasteiger charge is -2.36. The quantitative estimate of drug-likeness (QED) is 0.498. The molecule has 3 aromatic heterocycles. The predicted molar refractivity (Wildman–Crippen MR) is 128 cm³/mol. The molecule has 32 heavy (non-hydrogen) atoms. The van der Waals surface area contributed by atoms with Gasteiger partial charge in [-0.1, -0.05) is 24.4 Å². The first-order valence-electron chi connectivity index (χ1n) is 10.3. The molecule has 9 heteroatoms.